The van der Waals surface area contributed by atoms with Crippen molar-refractivity contribution in [2.45, 2.75) is 20.3 Å². The van der Waals surface area contributed by atoms with Crippen molar-refractivity contribution in [2.75, 3.05) is 13.6 Å². The van der Waals surface area contributed by atoms with Crippen LogP contribution in [0.1, 0.15) is 20.3 Å². The normalized spacial score (nSPS) is 13.4. The zero-order valence-corrected chi connectivity index (χ0v) is 7.75. The van der Waals surface area contributed by atoms with Crippen molar-refractivity contribution < 1.29 is 0 Å². The Morgan fingerprint density at radius 2 is 2.27 bits per heavy atom. The Morgan fingerprint density at radius 1 is 1.64 bits per heavy atom. The van der Waals surface area contributed by atoms with Gasteiger partial charge in [0, 0.05) is 19.8 Å². The molecule has 0 rings (SSSR count). The first-order valence-corrected chi connectivity index (χ1v) is 4.05. The second-order valence-corrected chi connectivity index (χ2v) is 2.90. The van der Waals surface area contributed by atoms with Crippen LogP contribution < -0.4 is 0 Å². The molecule has 0 bridgehead atoms. The molecule has 0 aromatic heterocycles. The lowest BCUT2D eigenvalue weighted by molar-refractivity contribution is 0.404. The summed E-state index contributed by atoms with van der Waals surface area (Å²) in [6.45, 7) is 9.00. The third-order valence-electron chi connectivity index (χ3n) is 1.67. The molecule has 0 saturated heterocycles. The van der Waals surface area contributed by atoms with E-state index < -0.39 is 0 Å². The summed E-state index contributed by atoms with van der Waals surface area (Å²) in [6.07, 6.45) is 4.57. The van der Waals surface area contributed by atoms with E-state index >= 15 is 0 Å². The van der Waals surface area contributed by atoms with Gasteiger partial charge in [-0.05, 0) is 5.92 Å². The second-order valence-electron chi connectivity index (χ2n) is 2.90. The van der Waals surface area contributed by atoms with Gasteiger partial charge >= 0.3 is 0 Å². The monoisotopic (exact) mass is 154 g/mol. The summed E-state index contributed by atoms with van der Waals surface area (Å²) >= 11 is 0. The molecule has 0 saturated carbocycles. The largest absolute Gasteiger partial charge is 0.365 e. The van der Waals surface area contributed by atoms with Gasteiger partial charge in [-0.15, -0.1) is 0 Å². The van der Waals surface area contributed by atoms with E-state index in [-0.39, 0.29) is 0 Å². The fourth-order valence-electron chi connectivity index (χ4n) is 0.829. The highest BCUT2D eigenvalue weighted by atomic mass is 15.1. The van der Waals surface area contributed by atoms with Gasteiger partial charge < -0.3 is 4.90 Å². The topological polar surface area (TPSA) is 15.6 Å². The molecule has 0 N–H and O–H groups in total. The summed E-state index contributed by atoms with van der Waals surface area (Å²) in [5.41, 5.74) is 0. The molecule has 0 aromatic carbocycles. The van der Waals surface area contributed by atoms with Gasteiger partial charge in [-0.1, -0.05) is 26.8 Å². The molecule has 0 aromatic rings. The third-order valence-corrected chi connectivity index (χ3v) is 1.67. The molecule has 2 heteroatoms. The van der Waals surface area contributed by atoms with Crippen LogP contribution in [0.25, 0.3) is 0 Å². The number of nitrogens with zero attached hydrogens (tertiary/aromatic N) is 2. The summed E-state index contributed by atoms with van der Waals surface area (Å²) < 4.78 is 0. The fourth-order valence-corrected chi connectivity index (χ4v) is 0.829. The molecule has 2 nitrogen and oxygen atoms in total. The summed E-state index contributed by atoms with van der Waals surface area (Å²) in [7, 11) is 2.03. The second kappa shape index (κ2) is 5.96. The molecule has 1 unspecified atom stereocenters. The van der Waals surface area contributed by atoms with Crippen LogP contribution in [-0.2, 0) is 0 Å². The summed E-state index contributed by atoms with van der Waals surface area (Å²) in [4.78, 5) is 6.00. The van der Waals surface area contributed by atoms with Crippen molar-refractivity contribution in [1.82, 2.24) is 4.90 Å². The molecule has 0 spiro atoms. The zero-order valence-electron chi connectivity index (χ0n) is 7.75. The Hall–Kier alpha value is -0.790. The van der Waals surface area contributed by atoms with Gasteiger partial charge in [0.2, 0.25) is 0 Å². The lowest BCUT2D eigenvalue weighted by Crippen LogP contribution is -2.22. The van der Waals surface area contributed by atoms with Crippen molar-refractivity contribution in [1.29, 1.82) is 0 Å². The molecule has 64 valence electrons. The van der Waals surface area contributed by atoms with Crippen LogP contribution in [0.4, 0.5) is 0 Å². The Labute approximate surface area is 69.6 Å². The highest BCUT2D eigenvalue weighted by Gasteiger charge is 1.99. The van der Waals surface area contributed by atoms with Gasteiger partial charge in [-0.25, -0.2) is 4.99 Å². The van der Waals surface area contributed by atoms with E-state index in [0.717, 1.165) is 12.5 Å². The first-order chi connectivity index (χ1) is 5.20. The predicted octanol–water partition coefficient (Wildman–Crippen LogP) is 2.14. The van der Waals surface area contributed by atoms with Crippen LogP contribution in [0, 0.1) is 5.92 Å². The average Bonchev–Trinajstić information content (AvgIpc) is 2.00. The van der Waals surface area contributed by atoms with Crippen LogP contribution in [0.5, 0.6) is 0 Å². The van der Waals surface area contributed by atoms with Gasteiger partial charge in [0.1, 0.15) is 0 Å². The van der Waals surface area contributed by atoms with Gasteiger partial charge in [0.05, 0.1) is 6.34 Å². The lowest BCUT2D eigenvalue weighted by atomic mass is 10.1. The van der Waals surface area contributed by atoms with Crippen LogP contribution >= 0.6 is 0 Å². The minimum absolute atomic E-state index is 0.733. The molecule has 1 atom stereocenters. The summed E-state index contributed by atoms with van der Waals surface area (Å²) in [6, 6.07) is 0. The fraction of sp³-hybridized carbons (Fsp3) is 0.667. The SMILES string of the molecule is C=C/N=C\N(C)CC(C)CC. The summed E-state index contributed by atoms with van der Waals surface area (Å²) in [5, 5.41) is 0. The van der Waals surface area contributed by atoms with E-state index in [4.69, 9.17) is 0 Å². The number of hydrogen-bond donors (Lipinski definition) is 0. The van der Waals surface area contributed by atoms with E-state index in [0.29, 0.717) is 0 Å². The van der Waals surface area contributed by atoms with Crippen LogP contribution in [-0.4, -0.2) is 24.8 Å². The van der Waals surface area contributed by atoms with Crippen LogP contribution in [0.2, 0.25) is 0 Å². The molecular formula is C9H18N2. The predicted molar refractivity (Wildman–Crippen MR) is 50.8 cm³/mol. The smallest absolute Gasteiger partial charge is 0.0902 e. The Balaban J connectivity index is 3.58. The first-order valence-electron chi connectivity index (χ1n) is 4.05. The molecule has 11 heavy (non-hydrogen) atoms. The minimum Gasteiger partial charge on any atom is -0.365 e. The molecule has 0 aliphatic carbocycles. The molecule has 0 heterocycles. The van der Waals surface area contributed by atoms with E-state index in [1.165, 1.54) is 6.42 Å². The van der Waals surface area contributed by atoms with Gasteiger partial charge in [0.15, 0.2) is 0 Å². The summed E-state index contributed by atoms with van der Waals surface area (Å²) in [5.74, 6) is 0.733. The van der Waals surface area contributed by atoms with E-state index in [1.807, 2.05) is 7.05 Å². The van der Waals surface area contributed by atoms with E-state index in [1.54, 1.807) is 12.5 Å². The maximum Gasteiger partial charge on any atom is 0.0902 e. The highest BCUT2D eigenvalue weighted by Crippen LogP contribution is 2.00. The number of rotatable bonds is 5. The molecule has 0 aliphatic rings. The van der Waals surface area contributed by atoms with Crippen LogP contribution in [0.3, 0.4) is 0 Å². The van der Waals surface area contributed by atoms with Crippen molar-refractivity contribution in [2.24, 2.45) is 10.9 Å². The molecule has 0 radical (unpaired) electrons. The molecule has 0 amide bonds. The maximum absolute atomic E-state index is 3.92. The van der Waals surface area contributed by atoms with Crippen molar-refractivity contribution >= 4 is 6.34 Å². The van der Waals surface area contributed by atoms with Crippen molar-refractivity contribution in [3.8, 4) is 0 Å². The molecule has 0 aliphatic heterocycles. The minimum atomic E-state index is 0.733. The Kier molecular flexibility index (Phi) is 5.53. The van der Waals surface area contributed by atoms with Crippen molar-refractivity contribution in [3.63, 3.8) is 0 Å². The Morgan fingerprint density at radius 3 is 2.73 bits per heavy atom. The van der Waals surface area contributed by atoms with E-state index in [9.17, 15) is 0 Å². The highest BCUT2D eigenvalue weighted by molar-refractivity contribution is 5.55. The van der Waals surface area contributed by atoms with Crippen LogP contribution in [0.15, 0.2) is 17.8 Å². The van der Waals surface area contributed by atoms with Gasteiger partial charge in [-0.2, -0.15) is 0 Å². The Bertz CT molecular complexity index is 130. The number of hydrogen-bond acceptors (Lipinski definition) is 1. The lowest BCUT2D eigenvalue weighted by Gasteiger charge is -2.16. The number of aliphatic imine (C=N–C) groups is 1. The maximum atomic E-state index is 3.92. The first kappa shape index (κ1) is 10.2. The van der Waals surface area contributed by atoms with Gasteiger partial charge in [0.25, 0.3) is 0 Å². The van der Waals surface area contributed by atoms with E-state index in [2.05, 4.69) is 30.3 Å². The molecule has 0 fully saturated rings. The quantitative estimate of drug-likeness (QED) is 0.437. The molecular weight excluding hydrogens is 136 g/mol. The zero-order chi connectivity index (χ0) is 8.69. The third kappa shape index (κ3) is 5.64. The van der Waals surface area contributed by atoms with Gasteiger partial charge in [-0.3, -0.25) is 0 Å². The van der Waals surface area contributed by atoms with Crippen molar-refractivity contribution in [3.05, 3.63) is 12.8 Å². The average molecular weight is 154 g/mol. The standard InChI is InChI=1S/C9H18N2/c1-5-9(3)7-11(4)8-10-6-2/h6,8-9H,2,5,7H2,1,3-4H3/b10-8-.